The molecule has 3 aliphatic rings. The Morgan fingerprint density at radius 3 is 2.62 bits per heavy atom. The van der Waals surface area contributed by atoms with Crippen LogP contribution in [0.1, 0.15) is 38.7 Å². The SMILES string of the molecule is CCOC(=O)C1(C2CC2)CC(c2cc(N3C(=O)C=C(C(F)(F)F)N(C)C3C)c(F)cc2Cl)=NO1. The molecule has 0 radical (unpaired) electrons. The first-order valence-corrected chi connectivity index (χ1v) is 11.0. The first-order chi connectivity index (χ1) is 15.9. The molecule has 7 nitrogen and oxygen atoms in total. The second-order valence-electron chi connectivity index (χ2n) is 8.45. The second-order valence-corrected chi connectivity index (χ2v) is 8.86. The van der Waals surface area contributed by atoms with Gasteiger partial charge in [0, 0.05) is 31.0 Å². The molecule has 184 valence electrons. The average Bonchev–Trinajstić information content (AvgIpc) is 3.51. The summed E-state index contributed by atoms with van der Waals surface area (Å²) in [4.78, 5) is 32.6. The molecule has 0 aromatic heterocycles. The highest BCUT2D eigenvalue weighted by molar-refractivity contribution is 6.34. The van der Waals surface area contributed by atoms with Crippen molar-refractivity contribution in [2.75, 3.05) is 18.6 Å². The van der Waals surface area contributed by atoms with E-state index >= 15 is 0 Å². The van der Waals surface area contributed by atoms with Gasteiger partial charge < -0.3 is 14.5 Å². The van der Waals surface area contributed by atoms with Crippen LogP contribution in [0.25, 0.3) is 0 Å². The Morgan fingerprint density at radius 2 is 2.03 bits per heavy atom. The van der Waals surface area contributed by atoms with Gasteiger partial charge in [-0.3, -0.25) is 9.69 Å². The minimum absolute atomic E-state index is 0.0306. The van der Waals surface area contributed by atoms with Gasteiger partial charge in [-0.1, -0.05) is 16.8 Å². The van der Waals surface area contributed by atoms with Crippen molar-refractivity contribution in [3.8, 4) is 0 Å². The van der Waals surface area contributed by atoms with Gasteiger partial charge in [-0.15, -0.1) is 0 Å². The summed E-state index contributed by atoms with van der Waals surface area (Å²) in [5.41, 5.74) is -2.25. The molecule has 0 spiro atoms. The van der Waals surface area contributed by atoms with Gasteiger partial charge in [-0.2, -0.15) is 13.2 Å². The van der Waals surface area contributed by atoms with Crippen LogP contribution in [0, 0.1) is 11.7 Å². The average molecular weight is 504 g/mol. The van der Waals surface area contributed by atoms with Gasteiger partial charge in [-0.05, 0) is 38.8 Å². The molecule has 0 N–H and O–H groups in total. The molecule has 2 atom stereocenters. The topological polar surface area (TPSA) is 71.4 Å². The zero-order valence-corrected chi connectivity index (χ0v) is 19.3. The predicted octanol–water partition coefficient (Wildman–Crippen LogP) is 4.39. The molecule has 1 fully saturated rings. The van der Waals surface area contributed by atoms with Crippen LogP contribution in [0.3, 0.4) is 0 Å². The molecule has 4 rings (SSSR count). The smallest absolute Gasteiger partial charge is 0.431 e. The number of carbonyl (C=O) groups excluding carboxylic acids is 2. The number of allylic oxidation sites excluding steroid dienone is 1. The first-order valence-electron chi connectivity index (χ1n) is 10.7. The number of esters is 1. The summed E-state index contributed by atoms with van der Waals surface area (Å²) in [6, 6.07) is 2.20. The maximum atomic E-state index is 14.9. The number of alkyl halides is 3. The summed E-state index contributed by atoms with van der Waals surface area (Å²) in [5.74, 6) is -2.58. The van der Waals surface area contributed by atoms with Crippen molar-refractivity contribution in [1.82, 2.24) is 4.90 Å². The van der Waals surface area contributed by atoms with E-state index in [1.165, 1.54) is 13.0 Å². The Labute approximate surface area is 197 Å². The minimum Gasteiger partial charge on any atom is -0.463 e. The van der Waals surface area contributed by atoms with Gasteiger partial charge >= 0.3 is 12.1 Å². The van der Waals surface area contributed by atoms with Crippen LogP contribution < -0.4 is 4.90 Å². The van der Waals surface area contributed by atoms with Crippen LogP contribution >= 0.6 is 11.6 Å². The third-order valence-corrected chi connectivity index (χ3v) is 6.63. The Kier molecular flexibility index (Phi) is 6.03. The molecule has 1 amide bonds. The Bertz CT molecular complexity index is 1100. The minimum atomic E-state index is -4.75. The monoisotopic (exact) mass is 503 g/mol. The quantitative estimate of drug-likeness (QED) is 0.440. The third-order valence-electron chi connectivity index (χ3n) is 6.32. The van der Waals surface area contributed by atoms with E-state index in [1.54, 1.807) is 6.92 Å². The van der Waals surface area contributed by atoms with Gasteiger partial charge in [-0.25, -0.2) is 9.18 Å². The number of ether oxygens (including phenoxy) is 1. The summed E-state index contributed by atoms with van der Waals surface area (Å²) in [6.45, 7) is 3.17. The number of nitrogens with zero attached hydrogens (tertiary/aromatic N) is 3. The molecule has 12 heteroatoms. The number of rotatable bonds is 5. The van der Waals surface area contributed by atoms with Gasteiger partial charge in [0.05, 0.1) is 23.0 Å². The van der Waals surface area contributed by atoms with Crippen LogP contribution in [0.4, 0.5) is 23.2 Å². The van der Waals surface area contributed by atoms with Crippen LogP contribution in [0.2, 0.25) is 5.02 Å². The normalized spacial score (nSPS) is 25.2. The predicted molar refractivity (Wildman–Crippen MR) is 115 cm³/mol. The molecule has 1 saturated carbocycles. The van der Waals surface area contributed by atoms with E-state index in [2.05, 4.69) is 5.16 Å². The Balaban J connectivity index is 1.70. The van der Waals surface area contributed by atoms with E-state index in [0.717, 1.165) is 35.8 Å². The van der Waals surface area contributed by atoms with Crippen molar-refractivity contribution in [3.05, 3.63) is 40.3 Å². The van der Waals surface area contributed by atoms with Crippen molar-refractivity contribution in [2.45, 2.75) is 51.1 Å². The highest BCUT2D eigenvalue weighted by atomic mass is 35.5. The summed E-state index contributed by atoms with van der Waals surface area (Å²) in [6.07, 6.45) is -3.94. The number of amides is 1. The van der Waals surface area contributed by atoms with E-state index in [-0.39, 0.29) is 40.9 Å². The molecule has 1 aromatic rings. The molecular formula is C22H22ClF4N3O4. The maximum absolute atomic E-state index is 14.9. The van der Waals surface area contributed by atoms with Crippen molar-refractivity contribution in [1.29, 1.82) is 0 Å². The lowest BCUT2D eigenvalue weighted by atomic mass is 9.89. The van der Waals surface area contributed by atoms with E-state index < -0.39 is 41.3 Å². The number of hydrogen-bond acceptors (Lipinski definition) is 6. The summed E-state index contributed by atoms with van der Waals surface area (Å²) in [7, 11) is 1.16. The van der Waals surface area contributed by atoms with Crippen LogP contribution in [0.5, 0.6) is 0 Å². The molecule has 2 unspecified atom stereocenters. The number of carbonyl (C=O) groups is 2. The number of oxime groups is 1. The van der Waals surface area contributed by atoms with Crippen molar-refractivity contribution >= 4 is 34.9 Å². The fraction of sp³-hybridized carbons (Fsp3) is 0.500. The molecule has 0 saturated heterocycles. The van der Waals surface area contributed by atoms with Crippen molar-refractivity contribution in [2.24, 2.45) is 11.1 Å². The molecule has 34 heavy (non-hydrogen) atoms. The zero-order chi connectivity index (χ0) is 25.0. The third kappa shape index (κ3) is 3.99. The molecule has 1 aliphatic carbocycles. The van der Waals surface area contributed by atoms with Gasteiger partial charge in [0.2, 0.25) is 5.60 Å². The molecule has 0 bridgehead atoms. The molecular weight excluding hydrogens is 482 g/mol. The van der Waals surface area contributed by atoms with Gasteiger partial charge in [0.15, 0.2) is 0 Å². The first kappa shape index (κ1) is 24.3. The maximum Gasteiger partial charge on any atom is 0.431 e. The summed E-state index contributed by atoms with van der Waals surface area (Å²) < 4.78 is 60.0. The van der Waals surface area contributed by atoms with E-state index in [1.807, 2.05) is 0 Å². The van der Waals surface area contributed by atoms with Crippen LogP contribution in [0.15, 0.2) is 29.1 Å². The fourth-order valence-electron chi connectivity index (χ4n) is 4.28. The van der Waals surface area contributed by atoms with Crippen LogP contribution in [-0.4, -0.2) is 54.1 Å². The van der Waals surface area contributed by atoms with Crippen molar-refractivity contribution in [3.63, 3.8) is 0 Å². The van der Waals surface area contributed by atoms with Crippen molar-refractivity contribution < 1.29 is 36.7 Å². The standard InChI is InChI=1S/C22H22ClF4N3O4/c1-4-33-20(32)21(12-5-6-12)10-16(28-34-21)13-7-17(15(24)8-14(13)23)30-11(2)29(3)18(9-19(30)31)22(25,26)27/h7-9,11-12H,4-6,10H2,1-3H3. The number of anilines is 1. The summed E-state index contributed by atoms with van der Waals surface area (Å²) >= 11 is 6.27. The number of hydrogen-bond donors (Lipinski definition) is 0. The lowest BCUT2D eigenvalue weighted by Gasteiger charge is -2.41. The lowest BCUT2D eigenvalue weighted by molar-refractivity contribution is -0.172. The lowest BCUT2D eigenvalue weighted by Crippen LogP contribution is -2.53. The molecule has 2 heterocycles. The zero-order valence-electron chi connectivity index (χ0n) is 18.6. The highest BCUT2D eigenvalue weighted by Crippen LogP contribution is 2.48. The number of halogens is 5. The highest BCUT2D eigenvalue weighted by Gasteiger charge is 2.58. The van der Waals surface area contributed by atoms with Crippen LogP contribution in [-0.2, 0) is 19.2 Å². The number of benzene rings is 1. The van der Waals surface area contributed by atoms with E-state index in [4.69, 9.17) is 21.2 Å². The largest absolute Gasteiger partial charge is 0.463 e. The fourth-order valence-corrected chi connectivity index (χ4v) is 4.54. The van der Waals surface area contributed by atoms with Gasteiger partial charge in [0.25, 0.3) is 5.91 Å². The van der Waals surface area contributed by atoms with Gasteiger partial charge in [0.1, 0.15) is 17.7 Å². The Morgan fingerprint density at radius 1 is 1.35 bits per heavy atom. The molecule has 1 aromatic carbocycles. The van der Waals surface area contributed by atoms with E-state index in [0.29, 0.717) is 6.08 Å². The summed E-state index contributed by atoms with van der Waals surface area (Å²) in [5, 5.41) is 3.99. The molecule has 2 aliphatic heterocycles. The van der Waals surface area contributed by atoms with E-state index in [9.17, 15) is 27.2 Å². The Hall–Kier alpha value is -2.82. The second kappa shape index (κ2) is 8.44.